The van der Waals surface area contributed by atoms with Gasteiger partial charge in [-0.3, -0.25) is 9.59 Å². The maximum atomic E-state index is 12.6. The number of thioether (sulfide) groups is 1. The maximum Gasteiger partial charge on any atom is 0.260 e. The fourth-order valence-corrected chi connectivity index (χ4v) is 7.52. The van der Waals surface area contributed by atoms with Gasteiger partial charge in [-0.15, -0.1) is 22.7 Å². The first-order valence-electron chi connectivity index (χ1n) is 10.2. The highest BCUT2D eigenvalue weighted by atomic mass is 32.2. The van der Waals surface area contributed by atoms with Gasteiger partial charge in [0.2, 0.25) is 5.91 Å². The zero-order chi connectivity index (χ0) is 20.7. The third kappa shape index (κ3) is 3.57. The zero-order valence-electron chi connectivity index (χ0n) is 16.3. The summed E-state index contributed by atoms with van der Waals surface area (Å²) in [5, 5.41) is 14.3. The molecule has 3 aromatic heterocycles. The number of aromatic nitrogens is 2. The molecule has 0 aliphatic heterocycles. The molecule has 3 aromatic rings. The number of nitrogens with one attached hydrogen (secondary N) is 2. The molecule has 0 aromatic carbocycles. The largest absolute Gasteiger partial charge is 0.316 e. The van der Waals surface area contributed by atoms with E-state index in [1.165, 1.54) is 32.9 Å². The predicted octanol–water partition coefficient (Wildman–Crippen LogP) is 4.41. The molecule has 0 radical (unpaired) electrons. The number of amides is 1. The molecule has 0 atom stereocenters. The number of nitriles is 1. The van der Waals surface area contributed by atoms with Gasteiger partial charge in [-0.05, 0) is 62.5 Å². The first kappa shape index (κ1) is 19.8. The summed E-state index contributed by atoms with van der Waals surface area (Å²) in [6.07, 6.45) is 8.37. The van der Waals surface area contributed by atoms with Crippen LogP contribution < -0.4 is 10.9 Å². The molecule has 2 aliphatic carbocycles. The standard InChI is InChI=1S/C21H20N4O2S3/c22-9-13-11-5-1-3-7-14(11)29-19(13)23-16(26)10-28-21-24-18(27)17-12-6-2-4-8-15(12)30-20(17)25-21/h1-8,10H2,(H,23,26)(H,24,25,27). The highest BCUT2D eigenvalue weighted by molar-refractivity contribution is 7.99. The number of fused-ring (bicyclic) bond motifs is 4. The van der Waals surface area contributed by atoms with Crippen molar-refractivity contribution in [3.63, 3.8) is 0 Å². The first-order chi connectivity index (χ1) is 14.6. The number of anilines is 1. The van der Waals surface area contributed by atoms with Crippen molar-refractivity contribution in [3.8, 4) is 6.07 Å². The molecule has 0 fully saturated rings. The first-order valence-corrected chi connectivity index (χ1v) is 12.8. The van der Waals surface area contributed by atoms with Crippen LogP contribution in [0.1, 0.15) is 52.1 Å². The Kier molecular flexibility index (Phi) is 5.39. The summed E-state index contributed by atoms with van der Waals surface area (Å²) in [5.41, 5.74) is 2.77. The van der Waals surface area contributed by atoms with E-state index in [1.807, 2.05) is 0 Å². The Bertz CT molecular complexity index is 1250. The molecule has 3 heterocycles. The Morgan fingerprint density at radius 3 is 2.57 bits per heavy atom. The monoisotopic (exact) mass is 456 g/mol. The van der Waals surface area contributed by atoms with Crippen LogP contribution in [0.5, 0.6) is 0 Å². The SMILES string of the molecule is N#Cc1c(NC(=O)CSc2nc3sc4c(c3c(=O)[nH]2)CCCC4)sc2c1CCCC2. The van der Waals surface area contributed by atoms with Crippen LogP contribution in [0.25, 0.3) is 10.2 Å². The number of thiophene rings is 2. The Balaban J connectivity index is 1.31. The van der Waals surface area contributed by atoms with Crippen LogP contribution in [0.3, 0.4) is 0 Å². The van der Waals surface area contributed by atoms with Gasteiger partial charge < -0.3 is 10.3 Å². The van der Waals surface area contributed by atoms with Crippen molar-refractivity contribution in [2.45, 2.75) is 56.5 Å². The van der Waals surface area contributed by atoms with E-state index in [1.54, 1.807) is 11.3 Å². The second kappa shape index (κ2) is 8.17. The maximum absolute atomic E-state index is 12.6. The summed E-state index contributed by atoms with van der Waals surface area (Å²) in [6, 6.07) is 2.26. The van der Waals surface area contributed by atoms with Gasteiger partial charge >= 0.3 is 0 Å². The molecule has 2 aliphatic rings. The van der Waals surface area contributed by atoms with E-state index in [0.29, 0.717) is 15.7 Å². The quantitative estimate of drug-likeness (QED) is 0.448. The number of carbonyl (C=O) groups is 1. The van der Waals surface area contributed by atoms with Gasteiger partial charge in [0, 0.05) is 9.75 Å². The third-order valence-corrected chi connectivity index (χ3v) is 8.95. The molecule has 6 nitrogen and oxygen atoms in total. The molecule has 1 amide bonds. The minimum Gasteiger partial charge on any atom is -0.316 e. The number of aryl methyl sites for hydroxylation is 3. The highest BCUT2D eigenvalue weighted by Crippen LogP contribution is 2.38. The Labute approximate surface area is 185 Å². The highest BCUT2D eigenvalue weighted by Gasteiger charge is 2.23. The normalized spacial score (nSPS) is 15.4. The predicted molar refractivity (Wildman–Crippen MR) is 122 cm³/mol. The van der Waals surface area contributed by atoms with E-state index in [2.05, 4.69) is 21.4 Å². The van der Waals surface area contributed by atoms with E-state index in [9.17, 15) is 14.9 Å². The van der Waals surface area contributed by atoms with Gasteiger partial charge in [0.25, 0.3) is 5.56 Å². The molecule has 0 bridgehead atoms. The van der Waals surface area contributed by atoms with Crippen LogP contribution >= 0.6 is 34.4 Å². The smallest absolute Gasteiger partial charge is 0.260 e. The number of hydrogen-bond donors (Lipinski definition) is 2. The average Bonchev–Trinajstić information content (AvgIpc) is 3.29. The van der Waals surface area contributed by atoms with E-state index < -0.39 is 0 Å². The van der Waals surface area contributed by atoms with Crippen molar-refractivity contribution >= 4 is 55.6 Å². The van der Waals surface area contributed by atoms with Gasteiger partial charge in [-0.25, -0.2) is 4.98 Å². The van der Waals surface area contributed by atoms with Crippen LogP contribution in [-0.4, -0.2) is 21.6 Å². The minimum atomic E-state index is -0.191. The van der Waals surface area contributed by atoms with Crippen molar-refractivity contribution in [2.75, 3.05) is 11.1 Å². The van der Waals surface area contributed by atoms with Crippen molar-refractivity contribution < 1.29 is 4.79 Å². The fraction of sp³-hybridized carbons (Fsp3) is 0.429. The van der Waals surface area contributed by atoms with E-state index in [4.69, 9.17) is 0 Å². The molecule has 9 heteroatoms. The molecule has 0 saturated heterocycles. The van der Waals surface area contributed by atoms with Crippen LogP contribution in [0.15, 0.2) is 9.95 Å². The molecule has 0 saturated carbocycles. The van der Waals surface area contributed by atoms with Crippen molar-refractivity contribution in [1.82, 2.24) is 9.97 Å². The summed E-state index contributed by atoms with van der Waals surface area (Å²) in [6.45, 7) is 0. The Hall–Kier alpha value is -2.15. The number of rotatable bonds is 4. The van der Waals surface area contributed by atoms with Gasteiger partial charge in [-0.2, -0.15) is 5.26 Å². The van der Waals surface area contributed by atoms with Crippen molar-refractivity contribution in [2.24, 2.45) is 0 Å². The van der Waals surface area contributed by atoms with Crippen molar-refractivity contribution in [1.29, 1.82) is 5.26 Å². The zero-order valence-corrected chi connectivity index (χ0v) is 18.7. The molecule has 0 spiro atoms. The topological polar surface area (TPSA) is 98.6 Å². The number of carbonyl (C=O) groups excluding carboxylic acids is 1. The van der Waals surface area contributed by atoms with Gasteiger partial charge in [-0.1, -0.05) is 11.8 Å². The van der Waals surface area contributed by atoms with E-state index in [-0.39, 0.29) is 17.2 Å². The summed E-state index contributed by atoms with van der Waals surface area (Å²) < 4.78 is 0. The molecule has 5 rings (SSSR count). The molecular weight excluding hydrogens is 436 g/mol. The molecular formula is C21H20N4O2S3. The summed E-state index contributed by atoms with van der Waals surface area (Å²) in [4.78, 5) is 35.9. The van der Waals surface area contributed by atoms with Gasteiger partial charge in [0.15, 0.2) is 5.16 Å². The summed E-state index contributed by atoms with van der Waals surface area (Å²) in [5.74, 6) is -0.0595. The summed E-state index contributed by atoms with van der Waals surface area (Å²) >= 11 is 4.35. The minimum absolute atomic E-state index is 0.111. The lowest BCUT2D eigenvalue weighted by Gasteiger charge is -2.09. The van der Waals surface area contributed by atoms with Crippen molar-refractivity contribution in [3.05, 3.63) is 36.8 Å². The second-order valence-corrected chi connectivity index (χ2v) is 10.8. The Morgan fingerprint density at radius 2 is 1.80 bits per heavy atom. The van der Waals surface area contributed by atoms with Crippen LogP contribution in [0.4, 0.5) is 5.00 Å². The third-order valence-electron chi connectivity index (χ3n) is 5.68. The lowest BCUT2D eigenvalue weighted by atomic mass is 9.96. The average molecular weight is 457 g/mol. The van der Waals surface area contributed by atoms with Gasteiger partial charge in [0.05, 0.1) is 16.7 Å². The Morgan fingerprint density at radius 1 is 1.10 bits per heavy atom. The van der Waals surface area contributed by atoms with E-state index >= 15 is 0 Å². The number of nitrogens with zero attached hydrogens (tertiary/aromatic N) is 2. The van der Waals surface area contributed by atoms with Crippen LogP contribution in [0, 0.1) is 11.3 Å². The molecule has 0 unspecified atom stereocenters. The fourth-order valence-electron chi connectivity index (χ4n) is 4.28. The number of hydrogen-bond acceptors (Lipinski definition) is 7. The van der Waals surface area contributed by atoms with Crippen LogP contribution in [0.2, 0.25) is 0 Å². The molecule has 154 valence electrons. The number of H-pyrrole nitrogens is 1. The number of aromatic amines is 1. The lowest BCUT2D eigenvalue weighted by molar-refractivity contribution is -0.113. The lowest BCUT2D eigenvalue weighted by Crippen LogP contribution is -2.15. The second-order valence-electron chi connectivity index (χ2n) is 7.63. The van der Waals surface area contributed by atoms with Gasteiger partial charge in [0.1, 0.15) is 15.9 Å². The summed E-state index contributed by atoms with van der Waals surface area (Å²) in [7, 11) is 0. The molecule has 30 heavy (non-hydrogen) atoms. The van der Waals surface area contributed by atoms with E-state index in [0.717, 1.165) is 72.7 Å². The van der Waals surface area contributed by atoms with Crippen LogP contribution in [-0.2, 0) is 30.5 Å². The molecule has 2 N–H and O–H groups in total.